The average Bonchev–Trinajstić information content (AvgIpc) is 2.64. The molecule has 2 rings (SSSR count). The Balaban J connectivity index is 2.34. The number of sulfone groups is 1. The van der Waals surface area contributed by atoms with Gasteiger partial charge in [-0.25, -0.2) is 18.4 Å². The zero-order valence-electron chi connectivity index (χ0n) is 8.86. The van der Waals surface area contributed by atoms with Gasteiger partial charge in [-0.1, -0.05) is 5.16 Å². The molecule has 0 aliphatic carbocycles. The standard InChI is InChI=1S/C8H9N5O3S/c1-17(14,15)4-5-12-8(16-13-5)6-7(9)11-3-2-10-6/h2-3H,4H2,1H3,(H2,9,11). The summed E-state index contributed by atoms with van der Waals surface area (Å²) in [6.45, 7) is 0. The third kappa shape index (κ3) is 2.75. The van der Waals surface area contributed by atoms with Crippen LogP contribution in [0.3, 0.4) is 0 Å². The lowest BCUT2D eigenvalue weighted by molar-refractivity contribution is 0.423. The van der Waals surface area contributed by atoms with Crippen molar-refractivity contribution in [3.8, 4) is 11.6 Å². The molecule has 0 aliphatic rings. The summed E-state index contributed by atoms with van der Waals surface area (Å²) in [4.78, 5) is 11.6. The van der Waals surface area contributed by atoms with E-state index in [4.69, 9.17) is 10.3 Å². The van der Waals surface area contributed by atoms with Gasteiger partial charge in [-0.2, -0.15) is 4.98 Å². The summed E-state index contributed by atoms with van der Waals surface area (Å²) in [5.74, 6) is -0.0414. The zero-order valence-corrected chi connectivity index (χ0v) is 9.68. The van der Waals surface area contributed by atoms with Crippen molar-refractivity contribution in [2.45, 2.75) is 5.75 Å². The van der Waals surface area contributed by atoms with Crippen LogP contribution in [0.15, 0.2) is 16.9 Å². The van der Waals surface area contributed by atoms with Crippen LogP contribution in [0.4, 0.5) is 5.82 Å². The van der Waals surface area contributed by atoms with Gasteiger partial charge < -0.3 is 10.3 Å². The molecule has 90 valence electrons. The van der Waals surface area contributed by atoms with Gasteiger partial charge in [0.15, 0.2) is 27.2 Å². The van der Waals surface area contributed by atoms with Crippen LogP contribution < -0.4 is 5.73 Å². The maximum absolute atomic E-state index is 11.0. The van der Waals surface area contributed by atoms with Crippen LogP contribution in [0, 0.1) is 0 Å². The Morgan fingerprint density at radius 2 is 2.06 bits per heavy atom. The summed E-state index contributed by atoms with van der Waals surface area (Å²) in [6, 6.07) is 0. The summed E-state index contributed by atoms with van der Waals surface area (Å²) in [7, 11) is -3.21. The number of hydrogen-bond donors (Lipinski definition) is 1. The van der Waals surface area contributed by atoms with Crippen molar-refractivity contribution >= 4 is 15.7 Å². The summed E-state index contributed by atoms with van der Waals surface area (Å²) in [5, 5.41) is 3.53. The van der Waals surface area contributed by atoms with Crippen molar-refractivity contribution in [1.29, 1.82) is 0 Å². The van der Waals surface area contributed by atoms with E-state index in [2.05, 4.69) is 20.1 Å². The zero-order chi connectivity index (χ0) is 12.5. The van der Waals surface area contributed by atoms with E-state index in [9.17, 15) is 8.42 Å². The Morgan fingerprint density at radius 3 is 2.71 bits per heavy atom. The van der Waals surface area contributed by atoms with Gasteiger partial charge in [0.05, 0.1) is 0 Å². The maximum atomic E-state index is 11.0. The highest BCUT2D eigenvalue weighted by atomic mass is 32.2. The molecular weight excluding hydrogens is 246 g/mol. The molecular formula is C8H9N5O3S. The predicted octanol–water partition coefficient (Wildman–Crippen LogP) is -0.347. The van der Waals surface area contributed by atoms with Crippen molar-refractivity contribution in [3.63, 3.8) is 0 Å². The molecule has 0 saturated heterocycles. The monoisotopic (exact) mass is 255 g/mol. The summed E-state index contributed by atoms with van der Waals surface area (Å²) in [6.07, 6.45) is 3.93. The number of nitrogen functional groups attached to an aromatic ring is 1. The van der Waals surface area contributed by atoms with Crippen molar-refractivity contribution < 1.29 is 12.9 Å². The van der Waals surface area contributed by atoms with E-state index in [1.165, 1.54) is 12.4 Å². The largest absolute Gasteiger partial charge is 0.382 e. The van der Waals surface area contributed by atoms with Crippen LogP contribution in [-0.4, -0.2) is 34.8 Å². The van der Waals surface area contributed by atoms with Crippen molar-refractivity contribution in [2.24, 2.45) is 0 Å². The van der Waals surface area contributed by atoms with Gasteiger partial charge in [0.2, 0.25) is 0 Å². The van der Waals surface area contributed by atoms with Gasteiger partial charge in [0.1, 0.15) is 5.75 Å². The maximum Gasteiger partial charge on any atom is 0.280 e. The first kappa shape index (κ1) is 11.5. The third-order valence-electron chi connectivity index (χ3n) is 1.79. The first-order valence-electron chi connectivity index (χ1n) is 4.53. The molecule has 8 nitrogen and oxygen atoms in total. The first-order valence-corrected chi connectivity index (χ1v) is 6.59. The molecule has 0 saturated carbocycles. The minimum Gasteiger partial charge on any atom is -0.382 e. The molecule has 2 aromatic heterocycles. The number of aromatic nitrogens is 4. The average molecular weight is 255 g/mol. The molecule has 0 bridgehead atoms. The Kier molecular flexibility index (Phi) is 2.76. The van der Waals surface area contributed by atoms with Crippen LogP contribution in [0.25, 0.3) is 11.6 Å². The molecule has 0 fully saturated rings. The van der Waals surface area contributed by atoms with E-state index in [0.717, 1.165) is 6.26 Å². The number of anilines is 1. The SMILES string of the molecule is CS(=O)(=O)Cc1noc(-c2nccnc2N)n1. The smallest absolute Gasteiger partial charge is 0.280 e. The van der Waals surface area contributed by atoms with Crippen LogP contribution in [0.2, 0.25) is 0 Å². The Hall–Kier alpha value is -2.03. The van der Waals surface area contributed by atoms with E-state index in [1.807, 2.05) is 0 Å². The van der Waals surface area contributed by atoms with E-state index >= 15 is 0 Å². The molecule has 9 heteroatoms. The molecule has 0 amide bonds. The van der Waals surface area contributed by atoms with Crippen LogP contribution in [-0.2, 0) is 15.6 Å². The summed E-state index contributed by atoms with van der Waals surface area (Å²) in [5.41, 5.74) is 5.81. The quantitative estimate of drug-likeness (QED) is 0.789. The Labute approximate surface area is 96.8 Å². The lowest BCUT2D eigenvalue weighted by Gasteiger charge is -1.95. The van der Waals surface area contributed by atoms with E-state index in [-0.39, 0.29) is 29.0 Å². The summed E-state index contributed by atoms with van der Waals surface area (Å²) >= 11 is 0. The fourth-order valence-electron chi connectivity index (χ4n) is 1.16. The van der Waals surface area contributed by atoms with E-state index in [0.29, 0.717) is 0 Å². The number of nitrogens with two attached hydrogens (primary N) is 1. The van der Waals surface area contributed by atoms with Crippen LogP contribution in [0.1, 0.15) is 5.82 Å². The van der Waals surface area contributed by atoms with Gasteiger partial charge in [-0.3, -0.25) is 0 Å². The van der Waals surface area contributed by atoms with Crippen LogP contribution in [0.5, 0.6) is 0 Å². The normalized spacial score (nSPS) is 11.6. The fourth-order valence-corrected chi connectivity index (χ4v) is 1.74. The Morgan fingerprint density at radius 1 is 1.35 bits per heavy atom. The first-order chi connectivity index (χ1) is 7.96. The Bertz CT molecular complexity index is 636. The predicted molar refractivity (Wildman–Crippen MR) is 58.3 cm³/mol. The molecule has 0 aliphatic heterocycles. The number of rotatable bonds is 3. The molecule has 0 spiro atoms. The van der Waals surface area contributed by atoms with Gasteiger partial charge in [0.25, 0.3) is 5.89 Å². The number of nitrogens with zero attached hydrogens (tertiary/aromatic N) is 4. The van der Waals surface area contributed by atoms with Gasteiger partial charge >= 0.3 is 0 Å². The lowest BCUT2D eigenvalue weighted by Crippen LogP contribution is -2.02. The molecule has 2 N–H and O–H groups in total. The second-order valence-electron chi connectivity index (χ2n) is 3.38. The number of hydrogen-bond acceptors (Lipinski definition) is 8. The molecule has 0 atom stereocenters. The van der Waals surface area contributed by atoms with E-state index in [1.54, 1.807) is 0 Å². The highest BCUT2D eigenvalue weighted by Gasteiger charge is 2.16. The molecule has 0 aromatic carbocycles. The minimum absolute atomic E-state index is 0.0502. The summed E-state index contributed by atoms with van der Waals surface area (Å²) < 4.78 is 26.9. The molecule has 2 heterocycles. The highest BCUT2D eigenvalue weighted by Crippen LogP contribution is 2.19. The molecule has 17 heavy (non-hydrogen) atoms. The molecule has 0 unspecified atom stereocenters. The second-order valence-corrected chi connectivity index (χ2v) is 5.52. The second kappa shape index (κ2) is 4.09. The van der Waals surface area contributed by atoms with Gasteiger partial charge in [0, 0.05) is 18.6 Å². The fraction of sp³-hybridized carbons (Fsp3) is 0.250. The van der Waals surface area contributed by atoms with Crippen molar-refractivity contribution in [1.82, 2.24) is 20.1 Å². The van der Waals surface area contributed by atoms with Crippen molar-refractivity contribution in [2.75, 3.05) is 12.0 Å². The topological polar surface area (TPSA) is 125 Å². The third-order valence-corrected chi connectivity index (χ3v) is 2.57. The highest BCUT2D eigenvalue weighted by molar-refractivity contribution is 7.89. The van der Waals surface area contributed by atoms with E-state index < -0.39 is 9.84 Å². The molecule has 2 aromatic rings. The van der Waals surface area contributed by atoms with Crippen molar-refractivity contribution in [3.05, 3.63) is 18.2 Å². The van der Waals surface area contributed by atoms with Gasteiger partial charge in [-0.05, 0) is 0 Å². The lowest BCUT2D eigenvalue weighted by atomic mass is 10.4. The molecule has 0 radical (unpaired) electrons. The van der Waals surface area contributed by atoms with Gasteiger partial charge in [-0.15, -0.1) is 0 Å². The minimum atomic E-state index is -3.21. The van der Waals surface area contributed by atoms with Crippen LogP contribution >= 0.6 is 0 Å².